The summed E-state index contributed by atoms with van der Waals surface area (Å²) in [6, 6.07) is 9.20. The molecule has 4 nitrogen and oxygen atoms in total. The topological polar surface area (TPSA) is 62.1 Å². The number of nitrogens with one attached hydrogen (secondary N) is 1. The third-order valence-electron chi connectivity index (χ3n) is 3.29. The van der Waals surface area contributed by atoms with Crippen LogP contribution in [0.1, 0.15) is 42.3 Å². The summed E-state index contributed by atoms with van der Waals surface area (Å²) in [5, 5.41) is 14.7. The quantitative estimate of drug-likeness (QED) is 0.924. The highest BCUT2D eigenvalue weighted by atomic mass is 32.1. The minimum Gasteiger partial charge on any atom is -0.496 e. The van der Waals surface area contributed by atoms with Crippen molar-refractivity contribution in [3.63, 3.8) is 0 Å². The molecule has 0 aliphatic rings. The number of para-hydroxylation sites is 1. The monoisotopic (exact) mass is 314 g/mol. The minimum absolute atomic E-state index is 0.144. The Bertz CT molecular complexity index is 736. The number of amides is 1. The lowest BCUT2D eigenvalue weighted by atomic mass is 9.86. The zero-order chi connectivity index (χ0) is 16.3. The summed E-state index contributed by atoms with van der Waals surface area (Å²) in [6.07, 6.45) is 0. The van der Waals surface area contributed by atoms with E-state index in [0.29, 0.717) is 21.9 Å². The number of benzene rings is 1. The second-order valence-corrected chi connectivity index (χ2v) is 6.75. The van der Waals surface area contributed by atoms with Gasteiger partial charge in [0.25, 0.3) is 5.91 Å². The third kappa shape index (κ3) is 3.12. The smallest absolute Gasteiger partial charge is 0.260 e. The zero-order valence-corrected chi connectivity index (χ0v) is 13.9. The number of hydrogen-bond donors (Lipinski definition) is 1. The summed E-state index contributed by atoms with van der Waals surface area (Å²) in [5.41, 5.74) is 1.77. The van der Waals surface area contributed by atoms with Crippen molar-refractivity contribution in [3.8, 4) is 11.8 Å². The lowest BCUT2D eigenvalue weighted by molar-refractivity contribution is 0.102. The summed E-state index contributed by atoms with van der Waals surface area (Å²) in [6.45, 7) is 6.13. The van der Waals surface area contributed by atoms with Gasteiger partial charge in [-0.3, -0.25) is 4.79 Å². The molecule has 0 aliphatic heterocycles. The number of rotatable bonds is 3. The van der Waals surface area contributed by atoms with Gasteiger partial charge >= 0.3 is 0 Å². The molecule has 2 rings (SSSR count). The average Bonchev–Trinajstić information content (AvgIpc) is 2.89. The lowest BCUT2D eigenvalue weighted by Crippen LogP contribution is -2.15. The Morgan fingerprint density at radius 1 is 1.32 bits per heavy atom. The van der Waals surface area contributed by atoms with Gasteiger partial charge < -0.3 is 10.1 Å². The average molecular weight is 314 g/mol. The van der Waals surface area contributed by atoms with Crippen molar-refractivity contribution in [1.82, 2.24) is 0 Å². The van der Waals surface area contributed by atoms with Gasteiger partial charge in [-0.2, -0.15) is 5.26 Å². The Balaban J connectivity index is 2.34. The third-order valence-corrected chi connectivity index (χ3v) is 4.18. The molecule has 0 bridgehead atoms. The molecule has 114 valence electrons. The molecule has 0 radical (unpaired) electrons. The van der Waals surface area contributed by atoms with E-state index in [4.69, 9.17) is 4.74 Å². The van der Waals surface area contributed by atoms with E-state index in [2.05, 4.69) is 11.4 Å². The molecule has 1 N–H and O–H groups in total. The fourth-order valence-electron chi connectivity index (χ4n) is 2.12. The van der Waals surface area contributed by atoms with E-state index < -0.39 is 0 Å². The molecular formula is C17H18N2O2S. The van der Waals surface area contributed by atoms with E-state index in [1.165, 1.54) is 18.4 Å². The summed E-state index contributed by atoms with van der Waals surface area (Å²) < 4.78 is 5.20. The van der Waals surface area contributed by atoms with E-state index in [1.54, 1.807) is 24.3 Å². The van der Waals surface area contributed by atoms with Crippen LogP contribution < -0.4 is 10.1 Å². The van der Waals surface area contributed by atoms with E-state index in [-0.39, 0.29) is 11.3 Å². The van der Waals surface area contributed by atoms with Gasteiger partial charge in [0, 0.05) is 0 Å². The van der Waals surface area contributed by atoms with Crippen LogP contribution in [0, 0.1) is 11.3 Å². The number of nitriles is 1. The number of methoxy groups -OCH3 is 1. The second kappa shape index (κ2) is 6.20. The van der Waals surface area contributed by atoms with Crippen molar-refractivity contribution in [2.45, 2.75) is 26.2 Å². The highest BCUT2D eigenvalue weighted by Crippen LogP contribution is 2.36. The Morgan fingerprint density at radius 2 is 2.00 bits per heavy atom. The van der Waals surface area contributed by atoms with Crippen LogP contribution in [0.2, 0.25) is 0 Å². The highest BCUT2D eigenvalue weighted by Gasteiger charge is 2.24. The van der Waals surface area contributed by atoms with Gasteiger partial charge in [-0.1, -0.05) is 32.9 Å². The lowest BCUT2D eigenvalue weighted by Gasteiger charge is -2.17. The van der Waals surface area contributed by atoms with Crippen LogP contribution >= 0.6 is 11.3 Å². The fraction of sp³-hybridized carbons (Fsp3) is 0.294. The Kier molecular flexibility index (Phi) is 4.53. The van der Waals surface area contributed by atoms with Crippen molar-refractivity contribution in [1.29, 1.82) is 5.26 Å². The Hall–Kier alpha value is -2.32. The summed E-state index contributed by atoms with van der Waals surface area (Å²) >= 11 is 1.37. The molecule has 1 heterocycles. The molecule has 0 saturated heterocycles. The maximum Gasteiger partial charge on any atom is 0.260 e. The molecule has 5 heteroatoms. The van der Waals surface area contributed by atoms with Gasteiger partial charge in [0.05, 0.1) is 18.2 Å². The molecule has 0 saturated carbocycles. The van der Waals surface area contributed by atoms with Crippen LogP contribution in [0.25, 0.3) is 0 Å². The van der Waals surface area contributed by atoms with Gasteiger partial charge in [-0.05, 0) is 28.5 Å². The number of anilines is 1. The number of carbonyl (C=O) groups excluding carboxylic acids is 1. The van der Waals surface area contributed by atoms with E-state index in [9.17, 15) is 10.1 Å². The number of carbonyl (C=O) groups is 1. The Labute approximate surface area is 134 Å². The Morgan fingerprint density at radius 3 is 2.59 bits per heavy atom. The number of ether oxygens (including phenoxy) is 1. The van der Waals surface area contributed by atoms with Crippen LogP contribution in [0.15, 0.2) is 29.6 Å². The maximum absolute atomic E-state index is 12.4. The normalized spacial score (nSPS) is 10.9. The van der Waals surface area contributed by atoms with Crippen LogP contribution in [0.5, 0.6) is 5.75 Å². The zero-order valence-electron chi connectivity index (χ0n) is 13.1. The largest absolute Gasteiger partial charge is 0.496 e. The summed E-state index contributed by atoms with van der Waals surface area (Å²) in [7, 11) is 1.52. The van der Waals surface area contributed by atoms with E-state index in [0.717, 1.165) is 5.56 Å². The van der Waals surface area contributed by atoms with Gasteiger partial charge in [0.15, 0.2) is 0 Å². The standard InChI is InChI=1S/C17H18N2O2S/c1-17(2,3)13-10-22-16(12(13)9-18)19-15(20)11-7-5-6-8-14(11)21-4/h5-8,10H,1-4H3,(H,19,20). The predicted molar refractivity (Wildman–Crippen MR) is 88.7 cm³/mol. The molecular weight excluding hydrogens is 296 g/mol. The molecule has 0 aliphatic carbocycles. The van der Waals surface area contributed by atoms with Crippen molar-refractivity contribution >= 4 is 22.2 Å². The first-order valence-electron chi connectivity index (χ1n) is 6.85. The van der Waals surface area contributed by atoms with Gasteiger partial charge in [-0.15, -0.1) is 11.3 Å². The minimum atomic E-state index is -0.281. The first-order chi connectivity index (χ1) is 10.4. The SMILES string of the molecule is COc1ccccc1C(=O)Nc1scc(C(C)(C)C)c1C#N. The number of nitrogens with zero attached hydrogens (tertiary/aromatic N) is 1. The molecule has 2 aromatic rings. The van der Waals surface area contributed by atoms with Crippen LogP contribution in [0.3, 0.4) is 0 Å². The van der Waals surface area contributed by atoms with Crippen LogP contribution in [-0.4, -0.2) is 13.0 Å². The molecule has 1 aromatic carbocycles. The summed E-state index contributed by atoms with van der Waals surface area (Å²) in [4.78, 5) is 12.4. The van der Waals surface area contributed by atoms with Crippen LogP contribution in [0.4, 0.5) is 5.00 Å². The molecule has 0 atom stereocenters. The molecule has 0 unspecified atom stereocenters. The van der Waals surface area contributed by atoms with Crippen molar-refractivity contribution in [2.75, 3.05) is 12.4 Å². The molecule has 22 heavy (non-hydrogen) atoms. The van der Waals surface area contributed by atoms with E-state index in [1.807, 2.05) is 26.2 Å². The second-order valence-electron chi connectivity index (χ2n) is 5.87. The van der Waals surface area contributed by atoms with Crippen molar-refractivity contribution in [3.05, 3.63) is 46.3 Å². The molecule has 0 spiro atoms. The van der Waals surface area contributed by atoms with E-state index >= 15 is 0 Å². The first-order valence-corrected chi connectivity index (χ1v) is 7.73. The van der Waals surface area contributed by atoms with Gasteiger partial charge in [0.1, 0.15) is 16.8 Å². The first kappa shape index (κ1) is 16.1. The maximum atomic E-state index is 12.4. The van der Waals surface area contributed by atoms with Gasteiger partial charge in [0.2, 0.25) is 0 Å². The summed E-state index contributed by atoms with van der Waals surface area (Å²) in [5.74, 6) is 0.224. The van der Waals surface area contributed by atoms with Crippen LogP contribution in [-0.2, 0) is 5.41 Å². The number of thiophene rings is 1. The number of hydrogen-bond acceptors (Lipinski definition) is 4. The predicted octanol–water partition coefficient (Wildman–Crippen LogP) is 4.18. The molecule has 1 aromatic heterocycles. The van der Waals surface area contributed by atoms with Crippen molar-refractivity contribution < 1.29 is 9.53 Å². The van der Waals surface area contributed by atoms with Crippen molar-refractivity contribution in [2.24, 2.45) is 0 Å². The molecule has 1 amide bonds. The molecule has 0 fully saturated rings. The highest BCUT2D eigenvalue weighted by molar-refractivity contribution is 7.14. The van der Waals surface area contributed by atoms with Gasteiger partial charge in [-0.25, -0.2) is 0 Å². The fourth-order valence-corrected chi connectivity index (χ4v) is 3.25.